The van der Waals surface area contributed by atoms with Crippen molar-refractivity contribution in [2.75, 3.05) is 14.2 Å². The van der Waals surface area contributed by atoms with Crippen LogP contribution in [0.2, 0.25) is 0 Å². The fourth-order valence-corrected chi connectivity index (χ4v) is 2.54. The maximum absolute atomic E-state index is 12.3. The van der Waals surface area contributed by atoms with Gasteiger partial charge in [-0.2, -0.15) is 0 Å². The molecule has 0 fully saturated rings. The second kappa shape index (κ2) is 5.75. The molecule has 2 aromatic heterocycles. The Morgan fingerprint density at radius 2 is 1.87 bits per heavy atom. The van der Waals surface area contributed by atoms with E-state index in [1.54, 1.807) is 30.9 Å². The first-order valence-corrected chi connectivity index (χ1v) is 7.08. The summed E-state index contributed by atoms with van der Waals surface area (Å²) < 4.78 is 17.4. The van der Waals surface area contributed by atoms with E-state index < -0.39 is 0 Å². The molecule has 0 saturated carbocycles. The minimum atomic E-state index is -0.204. The molecule has 120 valence electrons. The van der Waals surface area contributed by atoms with Gasteiger partial charge in [0.25, 0.3) is 5.56 Å². The molecule has 0 spiro atoms. The monoisotopic (exact) mass is 315 g/mol. The summed E-state index contributed by atoms with van der Waals surface area (Å²) in [5.74, 6) is 1.80. The van der Waals surface area contributed by atoms with Gasteiger partial charge >= 0.3 is 0 Å². The summed E-state index contributed by atoms with van der Waals surface area (Å²) in [6.07, 6.45) is 1.30. The van der Waals surface area contributed by atoms with Gasteiger partial charge in [-0.3, -0.25) is 4.79 Å². The molecule has 2 heterocycles. The zero-order chi connectivity index (χ0) is 16.6. The zero-order valence-corrected chi connectivity index (χ0v) is 13.4. The molecule has 0 aliphatic carbocycles. The quantitative estimate of drug-likeness (QED) is 0.733. The van der Waals surface area contributed by atoms with Crippen LogP contribution in [0.25, 0.3) is 11.0 Å². The third-order valence-electron chi connectivity index (χ3n) is 3.85. The molecule has 3 aromatic rings. The molecule has 23 heavy (non-hydrogen) atoms. The number of methoxy groups -OCH3 is 2. The van der Waals surface area contributed by atoms with E-state index in [0.717, 1.165) is 11.3 Å². The second-order valence-electron chi connectivity index (χ2n) is 5.18. The number of benzene rings is 1. The van der Waals surface area contributed by atoms with E-state index in [1.807, 2.05) is 13.8 Å². The van der Waals surface area contributed by atoms with Crippen molar-refractivity contribution in [3.63, 3.8) is 0 Å². The van der Waals surface area contributed by atoms with E-state index in [4.69, 9.17) is 14.0 Å². The van der Waals surface area contributed by atoms with Crippen molar-refractivity contribution >= 4 is 11.0 Å². The van der Waals surface area contributed by atoms with Gasteiger partial charge in [-0.25, -0.2) is 4.98 Å². The van der Waals surface area contributed by atoms with E-state index in [9.17, 15) is 4.79 Å². The summed E-state index contributed by atoms with van der Waals surface area (Å²) in [7, 11) is 3.11. The van der Waals surface area contributed by atoms with Crippen LogP contribution in [0, 0.1) is 13.8 Å². The Hall–Kier alpha value is -2.83. The van der Waals surface area contributed by atoms with Crippen LogP contribution in [0.5, 0.6) is 11.5 Å². The van der Waals surface area contributed by atoms with Crippen LogP contribution in [-0.2, 0) is 6.54 Å². The summed E-state index contributed by atoms with van der Waals surface area (Å²) in [5, 5.41) is 3.93. The minimum Gasteiger partial charge on any atom is -0.493 e. The van der Waals surface area contributed by atoms with E-state index in [-0.39, 0.29) is 5.56 Å². The smallest absolute Gasteiger partial charge is 0.269 e. The lowest BCUT2D eigenvalue weighted by atomic mass is 10.2. The average molecular weight is 315 g/mol. The van der Waals surface area contributed by atoms with Crippen LogP contribution >= 0.6 is 0 Å². The fourth-order valence-electron chi connectivity index (χ4n) is 2.54. The highest BCUT2D eigenvalue weighted by Crippen LogP contribution is 2.31. The van der Waals surface area contributed by atoms with Gasteiger partial charge in [0.2, 0.25) is 0 Å². The van der Waals surface area contributed by atoms with Gasteiger partial charge in [-0.05, 0) is 13.8 Å². The SMILES string of the molecule is COc1cc2ncc(=O)n(Cc3c(C)noc3C)c2cc1OC. The average Bonchev–Trinajstić information content (AvgIpc) is 2.87. The van der Waals surface area contributed by atoms with E-state index in [2.05, 4.69) is 10.1 Å². The topological polar surface area (TPSA) is 79.4 Å². The van der Waals surface area contributed by atoms with Crippen LogP contribution in [0.15, 0.2) is 27.6 Å². The molecule has 0 N–H and O–H groups in total. The molecule has 0 aliphatic heterocycles. The van der Waals surface area contributed by atoms with E-state index in [1.165, 1.54) is 6.20 Å². The number of hydrogen-bond donors (Lipinski definition) is 0. The Bertz CT molecular complexity index is 907. The molecule has 0 saturated heterocycles. The maximum Gasteiger partial charge on any atom is 0.269 e. The predicted molar refractivity (Wildman–Crippen MR) is 84.2 cm³/mol. The molecule has 0 unspecified atom stereocenters. The third-order valence-corrected chi connectivity index (χ3v) is 3.85. The van der Waals surface area contributed by atoms with Gasteiger partial charge < -0.3 is 18.6 Å². The Labute approximate surface area is 132 Å². The molecule has 7 heteroatoms. The first-order valence-electron chi connectivity index (χ1n) is 7.08. The normalized spacial score (nSPS) is 11.0. The van der Waals surface area contributed by atoms with Gasteiger partial charge in [0.15, 0.2) is 11.5 Å². The lowest BCUT2D eigenvalue weighted by Gasteiger charge is -2.13. The zero-order valence-electron chi connectivity index (χ0n) is 13.4. The first kappa shape index (κ1) is 15.1. The predicted octanol–water partition coefficient (Wildman–Crippen LogP) is 2.07. The number of aryl methyl sites for hydroxylation is 2. The van der Waals surface area contributed by atoms with Crippen LogP contribution in [0.3, 0.4) is 0 Å². The minimum absolute atomic E-state index is 0.204. The highest BCUT2D eigenvalue weighted by Gasteiger charge is 2.15. The number of nitrogens with zero attached hydrogens (tertiary/aromatic N) is 3. The Kier molecular flexibility index (Phi) is 3.77. The highest BCUT2D eigenvalue weighted by molar-refractivity contribution is 5.79. The molecule has 3 rings (SSSR count). The van der Waals surface area contributed by atoms with Crippen molar-refractivity contribution in [3.05, 3.63) is 45.7 Å². The molecule has 0 bridgehead atoms. The number of aromatic nitrogens is 3. The number of rotatable bonds is 4. The standard InChI is InChI=1S/C16H17N3O4/c1-9-11(10(2)23-18-9)8-19-13-6-15(22-4)14(21-3)5-12(13)17-7-16(19)20/h5-7H,8H2,1-4H3. The summed E-state index contributed by atoms with van der Waals surface area (Å²) in [4.78, 5) is 16.5. The molecule has 0 amide bonds. The number of hydrogen-bond acceptors (Lipinski definition) is 6. The Morgan fingerprint density at radius 3 is 2.48 bits per heavy atom. The molecule has 0 atom stereocenters. The maximum atomic E-state index is 12.3. The van der Waals surface area contributed by atoms with Gasteiger partial charge in [-0.1, -0.05) is 5.16 Å². The molecule has 7 nitrogen and oxygen atoms in total. The van der Waals surface area contributed by atoms with Crippen molar-refractivity contribution in [1.29, 1.82) is 0 Å². The van der Waals surface area contributed by atoms with Gasteiger partial charge in [0.05, 0.1) is 43.7 Å². The molecule has 0 aliphatic rings. The van der Waals surface area contributed by atoms with Crippen molar-refractivity contribution in [2.24, 2.45) is 0 Å². The Morgan fingerprint density at radius 1 is 1.17 bits per heavy atom. The van der Waals surface area contributed by atoms with Gasteiger partial charge in [0.1, 0.15) is 5.76 Å². The highest BCUT2D eigenvalue weighted by atomic mass is 16.5. The second-order valence-corrected chi connectivity index (χ2v) is 5.18. The molecular weight excluding hydrogens is 298 g/mol. The van der Waals surface area contributed by atoms with Crippen LogP contribution in [0.1, 0.15) is 17.0 Å². The van der Waals surface area contributed by atoms with Gasteiger partial charge in [-0.15, -0.1) is 0 Å². The van der Waals surface area contributed by atoms with Crippen LogP contribution in [0.4, 0.5) is 0 Å². The molecule has 0 radical (unpaired) electrons. The number of ether oxygens (including phenoxy) is 2. The largest absolute Gasteiger partial charge is 0.493 e. The first-order chi connectivity index (χ1) is 11.0. The lowest BCUT2D eigenvalue weighted by Crippen LogP contribution is -2.21. The van der Waals surface area contributed by atoms with Crippen LogP contribution < -0.4 is 15.0 Å². The van der Waals surface area contributed by atoms with Gasteiger partial charge in [0, 0.05) is 17.7 Å². The van der Waals surface area contributed by atoms with E-state index >= 15 is 0 Å². The molecular formula is C16H17N3O4. The number of fused-ring (bicyclic) bond motifs is 1. The van der Waals surface area contributed by atoms with Crippen molar-refractivity contribution < 1.29 is 14.0 Å². The summed E-state index contributed by atoms with van der Waals surface area (Å²) in [5.41, 5.74) is 2.75. The summed E-state index contributed by atoms with van der Waals surface area (Å²) >= 11 is 0. The molecule has 1 aromatic carbocycles. The van der Waals surface area contributed by atoms with Crippen molar-refractivity contribution in [3.8, 4) is 11.5 Å². The van der Waals surface area contributed by atoms with E-state index in [0.29, 0.717) is 34.8 Å². The third kappa shape index (κ3) is 2.54. The summed E-state index contributed by atoms with van der Waals surface area (Å²) in [6, 6.07) is 3.50. The summed E-state index contributed by atoms with van der Waals surface area (Å²) in [6.45, 7) is 4.03. The lowest BCUT2D eigenvalue weighted by molar-refractivity contribution is 0.355. The van der Waals surface area contributed by atoms with Crippen molar-refractivity contribution in [2.45, 2.75) is 20.4 Å². The van der Waals surface area contributed by atoms with Crippen molar-refractivity contribution in [1.82, 2.24) is 14.7 Å². The van der Waals surface area contributed by atoms with Crippen LogP contribution in [-0.4, -0.2) is 28.9 Å². The Balaban J connectivity index is 2.23. The fraction of sp³-hybridized carbons (Fsp3) is 0.312.